The minimum absolute atomic E-state index is 0.769. The van der Waals surface area contributed by atoms with Gasteiger partial charge in [0.05, 0.1) is 0 Å². The molecule has 1 aromatic carbocycles. The Bertz CT molecular complexity index is 348. The van der Waals surface area contributed by atoms with Crippen LogP contribution in [0.1, 0.15) is 0 Å². The second kappa shape index (κ2) is 3.03. The first kappa shape index (κ1) is 7.44. The molecular formula is C10H8ClN. The van der Waals surface area contributed by atoms with Crippen LogP contribution in [-0.4, -0.2) is 4.57 Å². The van der Waals surface area contributed by atoms with E-state index in [-0.39, 0.29) is 0 Å². The highest BCUT2D eigenvalue weighted by atomic mass is 35.5. The standard InChI is InChI=1S/C10H8ClN/c11-9-3-5-10(6-4-9)12-7-1-2-8-12/h1-8H. The van der Waals surface area contributed by atoms with Crippen LogP contribution in [0, 0.1) is 0 Å². The number of rotatable bonds is 1. The van der Waals surface area contributed by atoms with Crippen molar-refractivity contribution in [2.45, 2.75) is 0 Å². The minimum Gasteiger partial charge on any atom is -0.324 e. The Hall–Kier alpha value is -1.21. The number of halogens is 1. The molecule has 0 spiro atoms. The Kier molecular flexibility index (Phi) is 1.88. The highest BCUT2D eigenvalue weighted by Crippen LogP contribution is 2.12. The predicted molar refractivity (Wildman–Crippen MR) is 50.8 cm³/mol. The average molecular weight is 178 g/mol. The topological polar surface area (TPSA) is 4.93 Å². The highest BCUT2D eigenvalue weighted by molar-refractivity contribution is 6.30. The minimum atomic E-state index is 0.769. The van der Waals surface area contributed by atoms with Crippen LogP contribution in [-0.2, 0) is 0 Å². The third kappa shape index (κ3) is 1.36. The zero-order valence-electron chi connectivity index (χ0n) is 6.44. The van der Waals surface area contributed by atoms with E-state index in [9.17, 15) is 0 Å². The summed E-state index contributed by atoms with van der Waals surface area (Å²) in [5.74, 6) is 0. The van der Waals surface area contributed by atoms with Gasteiger partial charge in [0, 0.05) is 23.1 Å². The maximum absolute atomic E-state index is 5.76. The Morgan fingerprint density at radius 3 is 2.08 bits per heavy atom. The van der Waals surface area contributed by atoms with Gasteiger partial charge >= 0.3 is 0 Å². The second-order valence-corrected chi connectivity index (χ2v) is 3.00. The summed E-state index contributed by atoms with van der Waals surface area (Å²) in [7, 11) is 0. The smallest absolute Gasteiger partial charge is 0.0450 e. The summed E-state index contributed by atoms with van der Waals surface area (Å²) in [6.45, 7) is 0. The monoisotopic (exact) mass is 177 g/mol. The molecule has 0 radical (unpaired) electrons. The number of hydrogen-bond acceptors (Lipinski definition) is 0. The van der Waals surface area contributed by atoms with E-state index in [1.807, 2.05) is 53.4 Å². The fraction of sp³-hybridized carbons (Fsp3) is 0. The van der Waals surface area contributed by atoms with Crippen LogP contribution >= 0.6 is 11.6 Å². The molecule has 2 heteroatoms. The van der Waals surface area contributed by atoms with E-state index in [1.165, 1.54) is 0 Å². The normalized spacial score (nSPS) is 10.1. The maximum Gasteiger partial charge on any atom is 0.0450 e. The fourth-order valence-electron chi connectivity index (χ4n) is 1.12. The third-order valence-corrected chi connectivity index (χ3v) is 1.98. The van der Waals surface area contributed by atoms with E-state index in [0.717, 1.165) is 10.7 Å². The molecule has 1 heterocycles. The fourth-order valence-corrected chi connectivity index (χ4v) is 1.25. The van der Waals surface area contributed by atoms with Crippen molar-refractivity contribution in [3.63, 3.8) is 0 Å². The van der Waals surface area contributed by atoms with E-state index >= 15 is 0 Å². The number of benzene rings is 1. The lowest BCUT2D eigenvalue weighted by atomic mass is 10.3. The van der Waals surface area contributed by atoms with E-state index in [4.69, 9.17) is 11.6 Å². The average Bonchev–Trinajstić information content (AvgIpc) is 2.58. The Labute approximate surface area is 76.2 Å². The zero-order chi connectivity index (χ0) is 8.39. The third-order valence-electron chi connectivity index (χ3n) is 1.73. The van der Waals surface area contributed by atoms with Crippen molar-refractivity contribution in [1.29, 1.82) is 0 Å². The number of nitrogens with zero attached hydrogens (tertiary/aromatic N) is 1. The molecule has 0 aliphatic carbocycles. The second-order valence-electron chi connectivity index (χ2n) is 2.57. The molecule has 1 nitrogen and oxygen atoms in total. The summed E-state index contributed by atoms with van der Waals surface area (Å²) >= 11 is 5.76. The van der Waals surface area contributed by atoms with E-state index in [2.05, 4.69) is 0 Å². The molecule has 0 aliphatic rings. The molecule has 0 N–H and O–H groups in total. The summed E-state index contributed by atoms with van der Waals surface area (Å²) in [6.07, 6.45) is 4.01. The van der Waals surface area contributed by atoms with Gasteiger partial charge in [-0.3, -0.25) is 0 Å². The summed E-state index contributed by atoms with van der Waals surface area (Å²) < 4.78 is 2.04. The van der Waals surface area contributed by atoms with Gasteiger partial charge in [-0.1, -0.05) is 11.6 Å². The lowest BCUT2D eigenvalue weighted by Gasteiger charge is -2.01. The van der Waals surface area contributed by atoms with Crippen molar-refractivity contribution in [3.8, 4) is 5.69 Å². The van der Waals surface area contributed by atoms with Crippen LogP contribution in [0.4, 0.5) is 0 Å². The summed E-state index contributed by atoms with van der Waals surface area (Å²) in [4.78, 5) is 0. The molecule has 0 saturated heterocycles. The Balaban J connectivity index is 2.43. The largest absolute Gasteiger partial charge is 0.324 e. The van der Waals surface area contributed by atoms with Gasteiger partial charge in [-0.2, -0.15) is 0 Å². The van der Waals surface area contributed by atoms with Gasteiger partial charge in [-0.05, 0) is 36.4 Å². The molecule has 12 heavy (non-hydrogen) atoms. The van der Waals surface area contributed by atoms with Gasteiger partial charge in [-0.15, -0.1) is 0 Å². The molecule has 0 atom stereocenters. The van der Waals surface area contributed by atoms with Gasteiger partial charge in [0.2, 0.25) is 0 Å². The zero-order valence-corrected chi connectivity index (χ0v) is 7.20. The molecule has 0 bridgehead atoms. The lowest BCUT2D eigenvalue weighted by Crippen LogP contribution is -1.87. The molecule has 1 aromatic heterocycles. The predicted octanol–water partition coefficient (Wildman–Crippen LogP) is 3.13. The van der Waals surface area contributed by atoms with Crippen molar-refractivity contribution in [1.82, 2.24) is 4.57 Å². The van der Waals surface area contributed by atoms with Crippen LogP contribution in [0.15, 0.2) is 48.8 Å². The molecule has 2 rings (SSSR count). The molecule has 60 valence electrons. The Morgan fingerprint density at radius 1 is 0.917 bits per heavy atom. The molecular weight excluding hydrogens is 170 g/mol. The molecule has 0 aliphatic heterocycles. The van der Waals surface area contributed by atoms with E-state index < -0.39 is 0 Å². The highest BCUT2D eigenvalue weighted by Gasteiger charge is 1.92. The lowest BCUT2D eigenvalue weighted by molar-refractivity contribution is 1.08. The van der Waals surface area contributed by atoms with Gasteiger partial charge in [0.15, 0.2) is 0 Å². The molecule has 0 saturated carbocycles. The van der Waals surface area contributed by atoms with Gasteiger partial charge in [-0.25, -0.2) is 0 Å². The van der Waals surface area contributed by atoms with Crippen LogP contribution < -0.4 is 0 Å². The van der Waals surface area contributed by atoms with Crippen LogP contribution in [0.5, 0.6) is 0 Å². The molecule has 0 fully saturated rings. The van der Waals surface area contributed by atoms with Crippen LogP contribution in [0.3, 0.4) is 0 Å². The van der Waals surface area contributed by atoms with Crippen LogP contribution in [0.2, 0.25) is 5.02 Å². The van der Waals surface area contributed by atoms with Crippen molar-refractivity contribution < 1.29 is 0 Å². The van der Waals surface area contributed by atoms with E-state index in [0.29, 0.717) is 0 Å². The number of aromatic nitrogens is 1. The first-order chi connectivity index (χ1) is 5.86. The van der Waals surface area contributed by atoms with Crippen molar-refractivity contribution in [3.05, 3.63) is 53.8 Å². The van der Waals surface area contributed by atoms with E-state index in [1.54, 1.807) is 0 Å². The summed E-state index contributed by atoms with van der Waals surface area (Å²) in [5.41, 5.74) is 1.13. The SMILES string of the molecule is Clc1ccc(-n2cccc2)cc1. The van der Waals surface area contributed by atoms with Crippen molar-refractivity contribution in [2.24, 2.45) is 0 Å². The maximum atomic E-state index is 5.76. The van der Waals surface area contributed by atoms with Crippen LogP contribution in [0.25, 0.3) is 5.69 Å². The first-order valence-electron chi connectivity index (χ1n) is 3.75. The van der Waals surface area contributed by atoms with Crippen molar-refractivity contribution in [2.75, 3.05) is 0 Å². The molecule has 0 amide bonds. The summed E-state index contributed by atoms with van der Waals surface area (Å²) in [5, 5.41) is 0.769. The number of hydrogen-bond donors (Lipinski definition) is 0. The quantitative estimate of drug-likeness (QED) is 0.631. The Morgan fingerprint density at radius 2 is 1.50 bits per heavy atom. The molecule has 0 unspecified atom stereocenters. The van der Waals surface area contributed by atoms with Gasteiger partial charge < -0.3 is 4.57 Å². The van der Waals surface area contributed by atoms with Gasteiger partial charge in [0.1, 0.15) is 0 Å². The van der Waals surface area contributed by atoms with Gasteiger partial charge in [0.25, 0.3) is 0 Å². The summed E-state index contributed by atoms with van der Waals surface area (Å²) in [6, 6.07) is 11.7. The molecule has 2 aromatic rings. The first-order valence-corrected chi connectivity index (χ1v) is 4.13. The van der Waals surface area contributed by atoms with Crippen molar-refractivity contribution >= 4 is 11.6 Å².